The van der Waals surface area contributed by atoms with Gasteiger partial charge in [0, 0.05) is 11.1 Å². The monoisotopic (exact) mass is 241 g/mol. The Kier molecular flexibility index (Phi) is 3.72. The molecular formula is C15H15NO2. The van der Waals surface area contributed by atoms with E-state index in [2.05, 4.69) is 21.9 Å². The van der Waals surface area contributed by atoms with E-state index in [1.54, 1.807) is 6.08 Å². The average Bonchev–Trinajstić information content (AvgIpc) is 2.38. The molecule has 0 atom stereocenters. The van der Waals surface area contributed by atoms with Crippen molar-refractivity contribution >= 4 is 22.9 Å². The van der Waals surface area contributed by atoms with Gasteiger partial charge >= 0.3 is 5.97 Å². The van der Waals surface area contributed by atoms with Crippen molar-refractivity contribution in [3.63, 3.8) is 0 Å². The maximum Gasteiger partial charge on any atom is 0.309 e. The lowest BCUT2D eigenvalue weighted by Crippen LogP contribution is -1.96. The van der Waals surface area contributed by atoms with Crippen LogP contribution in [0.25, 0.3) is 17.0 Å². The number of hydrogen-bond acceptors (Lipinski definition) is 3. The van der Waals surface area contributed by atoms with E-state index in [1.165, 1.54) is 7.11 Å². The van der Waals surface area contributed by atoms with Gasteiger partial charge in [-0.1, -0.05) is 24.3 Å². The van der Waals surface area contributed by atoms with Crippen LogP contribution in [0.15, 0.2) is 36.4 Å². The molecule has 3 nitrogen and oxygen atoms in total. The lowest BCUT2D eigenvalue weighted by atomic mass is 10.1. The van der Waals surface area contributed by atoms with Gasteiger partial charge in [0.25, 0.3) is 0 Å². The van der Waals surface area contributed by atoms with E-state index in [9.17, 15) is 4.79 Å². The van der Waals surface area contributed by atoms with Crippen LogP contribution < -0.4 is 0 Å². The highest BCUT2D eigenvalue weighted by atomic mass is 16.5. The molecule has 0 spiro atoms. The quantitative estimate of drug-likeness (QED) is 0.775. The van der Waals surface area contributed by atoms with E-state index in [0.29, 0.717) is 6.42 Å². The third-order valence-corrected chi connectivity index (χ3v) is 2.67. The molecule has 0 aliphatic heterocycles. The van der Waals surface area contributed by atoms with Crippen LogP contribution in [0, 0.1) is 6.92 Å². The number of carbonyl (C=O) groups is 1. The van der Waals surface area contributed by atoms with Gasteiger partial charge in [-0.25, -0.2) is 0 Å². The van der Waals surface area contributed by atoms with Gasteiger partial charge in [0.15, 0.2) is 0 Å². The first-order valence-electron chi connectivity index (χ1n) is 5.80. The molecule has 2 rings (SSSR count). The van der Waals surface area contributed by atoms with Gasteiger partial charge in [0.2, 0.25) is 0 Å². The Bertz CT molecular complexity index is 602. The Morgan fingerprint density at radius 2 is 2.17 bits per heavy atom. The van der Waals surface area contributed by atoms with Crippen LogP contribution in [-0.4, -0.2) is 18.1 Å². The number of esters is 1. The molecule has 0 saturated carbocycles. The Morgan fingerprint density at radius 1 is 1.33 bits per heavy atom. The van der Waals surface area contributed by atoms with Crippen molar-refractivity contribution in [3.8, 4) is 0 Å². The maximum atomic E-state index is 11.0. The van der Waals surface area contributed by atoms with Crippen LogP contribution >= 0.6 is 0 Å². The fraction of sp³-hybridized carbons (Fsp3) is 0.200. The molecule has 18 heavy (non-hydrogen) atoms. The minimum Gasteiger partial charge on any atom is -0.469 e. The zero-order chi connectivity index (χ0) is 13.0. The van der Waals surface area contributed by atoms with Crippen LogP contribution in [-0.2, 0) is 9.53 Å². The van der Waals surface area contributed by atoms with Crippen molar-refractivity contribution in [3.05, 3.63) is 47.7 Å². The van der Waals surface area contributed by atoms with Crippen molar-refractivity contribution < 1.29 is 9.53 Å². The van der Waals surface area contributed by atoms with Crippen molar-refractivity contribution in [1.82, 2.24) is 4.98 Å². The number of hydrogen-bond donors (Lipinski definition) is 0. The lowest BCUT2D eigenvalue weighted by molar-refractivity contribution is -0.139. The van der Waals surface area contributed by atoms with Crippen LogP contribution in [0.4, 0.5) is 0 Å². The summed E-state index contributed by atoms with van der Waals surface area (Å²) >= 11 is 0. The second-order valence-electron chi connectivity index (χ2n) is 4.09. The number of fused-ring (bicyclic) bond motifs is 1. The Hall–Kier alpha value is -2.16. The molecule has 0 radical (unpaired) electrons. The molecule has 1 aromatic heterocycles. The fourth-order valence-corrected chi connectivity index (χ4v) is 1.72. The summed E-state index contributed by atoms with van der Waals surface area (Å²) in [6, 6.07) is 10.1. The third kappa shape index (κ3) is 2.94. The smallest absolute Gasteiger partial charge is 0.309 e. The minimum atomic E-state index is -0.232. The topological polar surface area (TPSA) is 39.2 Å². The Balaban J connectivity index is 2.20. The zero-order valence-corrected chi connectivity index (χ0v) is 10.5. The van der Waals surface area contributed by atoms with Gasteiger partial charge in [-0.3, -0.25) is 9.78 Å². The number of pyridine rings is 1. The summed E-state index contributed by atoms with van der Waals surface area (Å²) in [6.07, 6.45) is 4.01. The van der Waals surface area contributed by atoms with Crippen LogP contribution in [0.3, 0.4) is 0 Å². The van der Waals surface area contributed by atoms with Gasteiger partial charge in [0.1, 0.15) is 0 Å². The summed E-state index contributed by atoms with van der Waals surface area (Å²) in [6.45, 7) is 1.98. The molecule has 0 aliphatic rings. The summed E-state index contributed by atoms with van der Waals surface area (Å²) in [5.74, 6) is -0.232. The molecule has 0 saturated heterocycles. The van der Waals surface area contributed by atoms with Crippen molar-refractivity contribution in [2.75, 3.05) is 7.11 Å². The lowest BCUT2D eigenvalue weighted by Gasteiger charge is -2.00. The highest BCUT2D eigenvalue weighted by Gasteiger charge is 1.97. The van der Waals surface area contributed by atoms with Gasteiger partial charge in [-0.05, 0) is 30.7 Å². The number of benzene rings is 1. The van der Waals surface area contributed by atoms with Crippen molar-refractivity contribution in [2.24, 2.45) is 0 Å². The Morgan fingerprint density at radius 3 is 2.94 bits per heavy atom. The molecule has 0 fully saturated rings. The van der Waals surface area contributed by atoms with Gasteiger partial charge in [0.05, 0.1) is 19.0 Å². The SMILES string of the molecule is COC(=O)CC=Cc1ccc2nc(C)ccc2c1. The number of carbonyl (C=O) groups excluding carboxylic acids is 1. The normalized spacial score (nSPS) is 11.0. The maximum absolute atomic E-state index is 11.0. The van der Waals surface area contributed by atoms with E-state index in [0.717, 1.165) is 22.2 Å². The van der Waals surface area contributed by atoms with Crippen molar-refractivity contribution in [1.29, 1.82) is 0 Å². The molecule has 1 heterocycles. The van der Waals surface area contributed by atoms with Crippen LogP contribution in [0.5, 0.6) is 0 Å². The highest BCUT2D eigenvalue weighted by molar-refractivity contribution is 5.81. The first-order chi connectivity index (χ1) is 8.69. The molecule has 92 valence electrons. The van der Waals surface area contributed by atoms with E-state index in [-0.39, 0.29) is 5.97 Å². The standard InChI is InChI=1S/C15H15NO2/c1-11-6-8-13-10-12(7-9-14(13)16-11)4-3-5-15(17)18-2/h3-4,6-10H,5H2,1-2H3. The summed E-state index contributed by atoms with van der Waals surface area (Å²) in [5, 5.41) is 1.10. The van der Waals surface area contributed by atoms with E-state index >= 15 is 0 Å². The molecular weight excluding hydrogens is 226 g/mol. The molecule has 0 aliphatic carbocycles. The number of rotatable bonds is 3. The van der Waals surface area contributed by atoms with E-state index in [1.807, 2.05) is 31.2 Å². The molecule has 3 heteroatoms. The minimum absolute atomic E-state index is 0.232. The molecule has 0 N–H and O–H groups in total. The van der Waals surface area contributed by atoms with Gasteiger partial charge in [-0.2, -0.15) is 0 Å². The largest absolute Gasteiger partial charge is 0.469 e. The first-order valence-corrected chi connectivity index (χ1v) is 5.80. The van der Waals surface area contributed by atoms with Crippen molar-refractivity contribution in [2.45, 2.75) is 13.3 Å². The van der Waals surface area contributed by atoms with Gasteiger partial charge in [-0.15, -0.1) is 0 Å². The second-order valence-corrected chi connectivity index (χ2v) is 4.09. The predicted molar refractivity (Wildman–Crippen MR) is 72.1 cm³/mol. The zero-order valence-electron chi connectivity index (χ0n) is 10.5. The van der Waals surface area contributed by atoms with Crippen LogP contribution in [0.2, 0.25) is 0 Å². The summed E-state index contributed by atoms with van der Waals surface area (Å²) in [4.78, 5) is 15.4. The summed E-state index contributed by atoms with van der Waals surface area (Å²) in [7, 11) is 1.39. The fourth-order valence-electron chi connectivity index (χ4n) is 1.72. The number of aryl methyl sites for hydroxylation is 1. The third-order valence-electron chi connectivity index (χ3n) is 2.67. The number of nitrogens with zero attached hydrogens (tertiary/aromatic N) is 1. The number of aromatic nitrogens is 1. The van der Waals surface area contributed by atoms with E-state index in [4.69, 9.17) is 0 Å². The molecule has 0 amide bonds. The van der Waals surface area contributed by atoms with E-state index < -0.39 is 0 Å². The number of methoxy groups -OCH3 is 1. The Labute approximate surface area is 106 Å². The summed E-state index contributed by atoms with van der Waals surface area (Å²) < 4.78 is 4.57. The number of ether oxygens (including phenoxy) is 1. The summed E-state index contributed by atoms with van der Waals surface area (Å²) in [5.41, 5.74) is 3.05. The highest BCUT2D eigenvalue weighted by Crippen LogP contribution is 2.15. The molecule has 0 unspecified atom stereocenters. The van der Waals surface area contributed by atoms with Gasteiger partial charge < -0.3 is 4.74 Å². The molecule has 0 bridgehead atoms. The average molecular weight is 241 g/mol. The first kappa shape index (κ1) is 12.3. The molecule has 2 aromatic rings. The molecule has 1 aromatic carbocycles. The predicted octanol–water partition coefficient (Wildman–Crippen LogP) is 3.12. The second kappa shape index (κ2) is 5.45. The van der Waals surface area contributed by atoms with Crippen LogP contribution in [0.1, 0.15) is 17.7 Å².